The van der Waals surface area contributed by atoms with Crippen LogP contribution in [0.1, 0.15) is 63.5 Å². The first kappa shape index (κ1) is 15.4. The summed E-state index contributed by atoms with van der Waals surface area (Å²) in [6.45, 7) is 6.45. The molecule has 0 unspecified atom stereocenters. The molecule has 0 aliphatic carbocycles. The lowest BCUT2D eigenvalue weighted by Gasteiger charge is -2.04. The standard InChI is InChI=1S/C16H24N2O/c1-4-5-6-7-16(19)18-17-12-14-8-10-15(11-9-14)13(2)3/h8-13H,4-7H2,1-3H3,(H,18,19). The Balaban J connectivity index is 2.37. The van der Waals surface area contributed by atoms with Gasteiger partial charge in [0.2, 0.25) is 5.91 Å². The van der Waals surface area contributed by atoms with Crippen molar-refractivity contribution in [2.24, 2.45) is 5.10 Å². The van der Waals surface area contributed by atoms with E-state index in [4.69, 9.17) is 0 Å². The van der Waals surface area contributed by atoms with Crippen molar-refractivity contribution in [2.45, 2.75) is 52.4 Å². The highest BCUT2D eigenvalue weighted by Crippen LogP contribution is 2.13. The van der Waals surface area contributed by atoms with Gasteiger partial charge in [0.05, 0.1) is 6.21 Å². The number of nitrogens with zero attached hydrogens (tertiary/aromatic N) is 1. The van der Waals surface area contributed by atoms with Crippen LogP contribution in [0.25, 0.3) is 0 Å². The van der Waals surface area contributed by atoms with Crippen molar-refractivity contribution in [3.05, 3.63) is 35.4 Å². The number of hydrogen-bond acceptors (Lipinski definition) is 2. The van der Waals surface area contributed by atoms with E-state index in [2.05, 4.69) is 43.4 Å². The third-order valence-corrected chi connectivity index (χ3v) is 3.01. The van der Waals surface area contributed by atoms with Gasteiger partial charge in [-0.15, -0.1) is 0 Å². The lowest BCUT2D eigenvalue weighted by molar-refractivity contribution is -0.121. The quantitative estimate of drug-likeness (QED) is 0.451. The molecule has 0 saturated carbocycles. The molecule has 0 radical (unpaired) electrons. The Labute approximate surface area is 116 Å². The summed E-state index contributed by atoms with van der Waals surface area (Å²) in [5, 5.41) is 3.97. The van der Waals surface area contributed by atoms with Crippen LogP contribution in [0, 0.1) is 0 Å². The minimum atomic E-state index is -0.0106. The zero-order valence-corrected chi connectivity index (χ0v) is 12.1. The molecule has 3 heteroatoms. The van der Waals surface area contributed by atoms with Crippen LogP contribution in [0.3, 0.4) is 0 Å². The predicted octanol–water partition coefficient (Wildman–Crippen LogP) is 3.84. The molecule has 0 fully saturated rings. The van der Waals surface area contributed by atoms with Gasteiger partial charge in [0, 0.05) is 6.42 Å². The zero-order valence-electron chi connectivity index (χ0n) is 12.1. The first-order valence-corrected chi connectivity index (χ1v) is 7.05. The number of carbonyl (C=O) groups is 1. The zero-order chi connectivity index (χ0) is 14.1. The number of carbonyl (C=O) groups excluding carboxylic acids is 1. The van der Waals surface area contributed by atoms with E-state index in [1.807, 2.05) is 12.1 Å². The van der Waals surface area contributed by atoms with Gasteiger partial charge in [-0.3, -0.25) is 4.79 Å². The number of hydrogen-bond donors (Lipinski definition) is 1. The molecule has 0 bridgehead atoms. The van der Waals surface area contributed by atoms with Crippen molar-refractivity contribution in [3.8, 4) is 0 Å². The molecule has 0 spiro atoms. The van der Waals surface area contributed by atoms with Gasteiger partial charge in [0.1, 0.15) is 0 Å². The Bertz CT molecular complexity index is 407. The molecular formula is C16H24N2O. The van der Waals surface area contributed by atoms with Crippen LogP contribution in [0.4, 0.5) is 0 Å². The van der Waals surface area contributed by atoms with Crippen molar-refractivity contribution < 1.29 is 4.79 Å². The van der Waals surface area contributed by atoms with Crippen LogP contribution < -0.4 is 5.43 Å². The number of benzene rings is 1. The fourth-order valence-corrected chi connectivity index (χ4v) is 1.74. The Kier molecular flexibility index (Phi) is 6.86. The highest BCUT2D eigenvalue weighted by atomic mass is 16.2. The molecule has 0 saturated heterocycles. The molecule has 1 rings (SSSR count). The molecule has 1 N–H and O–H groups in total. The number of hydrazone groups is 1. The highest BCUT2D eigenvalue weighted by Gasteiger charge is 1.99. The van der Waals surface area contributed by atoms with E-state index >= 15 is 0 Å². The third kappa shape index (κ3) is 6.18. The summed E-state index contributed by atoms with van der Waals surface area (Å²) < 4.78 is 0. The van der Waals surface area contributed by atoms with E-state index in [-0.39, 0.29) is 5.91 Å². The summed E-state index contributed by atoms with van der Waals surface area (Å²) in [6.07, 6.45) is 5.38. The second-order valence-corrected chi connectivity index (χ2v) is 5.07. The normalized spacial score (nSPS) is 11.2. The van der Waals surface area contributed by atoms with E-state index in [1.165, 1.54) is 5.56 Å². The molecule has 0 heterocycles. The van der Waals surface area contributed by atoms with E-state index in [0.717, 1.165) is 24.8 Å². The monoisotopic (exact) mass is 260 g/mol. The summed E-state index contributed by atoms with van der Waals surface area (Å²) in [7, 11) is 0. The summed E-state index contributed by atoms with van der Waals surface area (Å²) in [4.78, 5) is 11.4. The maximum atomic E-state index is 11.4. The molecule has 0 aliphatic rings. The maximum Gasteiger partial charge on any atom is 0.240 e. The minimum Gasteiger partial charge on any atom is -0.273 e. The van der Waals surface area contributed by atoms with Crippen molar-refractivity contribution >= 4 is 12.1 Å². The molecule has 1 aromatic carbocycles. The fraction of sp³-hybridized carbons (Fsp3) is 0.500. The average molecular weight is 260 g/mol. The van der Waals surface area contributed by atoms with E-state index in [9.17, 15) is 4.79 Å². The highest BCUT2D eigenvalue weighted by molar-refractivity contribution is 5.82. The second-order valence-electron chi connectivity index (χ2n) is 5.07. The third-order valence-electron chi connectivity index (χ3n) is 3.01. The lowest BCUT2D eigenvalue weighted by atomic mass is 10.0. The number of nitrogens with one attached hydrogen (secondary N) is 1. The maximum absolute atomic E-state index is 11.4. The molecule has 1 aromatic rings. The topological polar surface area (TPSA) is 41.5 Å². The van der Waals surface area contributed by atoms with Gasteiger partial charge in [-0.1, -0.05) is 57.9 Å². The molecule has 0 aliphatic heterocycles. The molecule has 19 heavy (non-hydrogen) atoms. The van der Waals surface area contributed by atoms with Gasteiger partial charge in [0.15, 0.2) is 0 Å². The van der Waals surface area contributed by atoms with E-state index in [1.54, 1.807) is 6.21 Å². The SMILES string of the molecule is CCCCCC(=O)NN=Cc1ccc(C(C)C)cc1. The predicted molar refractivity (Wildman–Crippen MR) is 80.4 cm³/mol. The minimum absolute atomic E-state index is 0.0106. The van der Waals surface area contributed by atoms with Crippen molar-refractivity contribution in [2.75, 3.05) is 0 Å². The van der Waals surface area contributed by atoms with Crippen LogP contribution in [-0.2, 0) is 4.79 Å². The van der Waals surface area contributed by atoms with Gasteiger partial charge in [0.25, 0.3) is 0 Å². The van der Waals surface area contributed by atoms with Crippen LogP contribution in [0.2, 0.25) is 0 Å². The Morgan fingerprint density at radius 2 is 1.95 bits per heavy atom. The van der Waals surface area contributed by atoms with Gasteiger partial charge in [-0.2, -0.15) is 5.10 Å². The van der Waals surface area contributed by atoms with Crippen molar-refractivity contribution in [1.82, 2.24) is 5.43 Å². The van der Waals surface area contributed by atoms with Gasteiger partial charge >= 0.3 is 0 Å². The van der Waals surface area contributed by atoms with Gasteiger partial charge in [-0.25, -0.2) is 5.43 Å². The number of rotatable bonds is 7. The van der Waals surface area contributed by atoms with Crippen LogP contribution in [0.15, 0.2) is 29.4 Å². The average Bonchev–Trinajstić information content (AvgIpc) is 2.39. The summed E-state index contributed by atoms with van der Waals surface area (Å²) in [6, 6.07) is 8.22. The molecule has 0 aromatic heterocycles. The second kappa shape index (κ2) is 8.46. The summed E-state index contributed by atoms with van der Waals surface area (Å²) in [5.74, 6) is 0.521. The summed E-state index contributed by atoms with van der Waals surface area (Å²) in [5.41, 5.74) is 4.86. The smallest absolute Gasteiger partial charge is 0.240 e. The first-order valence-electron chi connectivity index (χ1n) is 7.05. The van der Waals surface area contributed by atoms with E-state index in [0.29, 0.717) is 12.3 Å². The summed E-state index contributed by atoms with van der Waals surface area (Å²) >= 11 is 0. The number of unbranched alkanes of at least 4 members (excludes halogenated alkanes) is 2. The Morgan fingerprint density at radius 1 is 1.26 bits per heavy atom. The molecule has 0 atom stereocenters. The molecule has 104 valence electrons. The van der Waals surface area contributed by atoms with Crippen molar-refractivity contribution in [1.29, 1.82) is 0 Å². The first-order chi connectivity index (χ1) is 9.13. The molecule has 3 nitrogen and oxygen atoms in total. The molecule has 1 amide bonds. The lowest BCUT2D eigenvalue weighted by Crippen LogP contribution is -2.16. The van der Waals surface area contributed by atoms with E-state index < -0.39 is 0 Å². The van der Waals surface area contributed by atoms with Crippen LogP contribution in [0.5, 0.6) is 0 Å². The van der Waals surface area contributed by atoms with Gasteiger partial charge in [-0.05, 0) is 23.5 Å². The Hall–Kier alpha value is -1.64. The van der Waals surface area contributed by atoms with Gasteiger partial charge < -0.3 is 0 Å². The van der Waals surface area contributed by atoms with Crippen LogP contribution >= 0.6 is 0 Å². The number of amides is 1. The molecular weight excluding hydrogens is 236 g/mol. The Morgan fingerprint density at radius 3 is 2.53 bits per heavy atom. The fourth-order valence-electron chi connectivity index (χ4n) is 1.74. The van der Waals surface area contributed by atoms with Crippen molar-refractivity contribution in [3.63, 3.8) is 0 Å². The largest absolute Gasteiger partial charge is 0.273 e. The van der Waals surface area contributed by atoms with Crippen LogP contribution in [-0.4, -0.2) is 12.1 Å².